The highest BCUT2D eigenvalue weighted by Gasteiger charge is 2.19. The van der Waals surface area contributed by atoms with Crippen LogP contribution in [0, 0.1) is 0 Å². The third-order valence-corrected chi connectivity index (χ3v) is 3.87. The maximum atomic E-state index is 11.1. The van der Waals surface area contributed by atoms with Gasteiger partial charge in [0.05, 0.1) is 5.56 Å². The standard InChI is InChI=1S/C13H14BrN3O2S/c1-13(2,3)11-16-12(20-17-11)15-7-4-5-9(14)8(6-7)10(18)19/h4-6H,1-3H3,(H,18,19)(H,15,16,17). The topological polar surface area (TPSA) is 75.1 Å². The van der Waals surface area contributed by atoms with Crippen LogP contribution in [-0.4, -0.2) is 20.4 Å². The molecule has 0 unspecified atom stereocenters. The van der Waals surface area contributed by atoms with E-state index in [1.54, 1.807) is 18.2 Å². The number of aromatic carboxylic acids is 1. The van der Waals surface area contributed by atoms with Gasteiger partial charge in [0.25, 0.3) is 0 Å². The van der Waals surface area contributed by atoms with Crippen molar-refractivity contribution in [1.29, 1.82) is 0 Å². The number of anilines is 2. The van der Waals surface area contributed by atoms with E-state index in [0.717, 1.165) is 5.82 Å². The number of nitrogens with zero attached hydrogens (tertiary/aromatic N) is 2. The summed E-state index contributed by atoms with van der Waals surface area (Å²) in [6.07, 6.45) is 0. The number of aromatic nitrogens is 2. The second-order valence-corrected chi connectivity index (χ2v) is 6.90. The Balaban J connectivity index is 2.24. The summed E-state index contributed by atoms with van der Waals surface area (Å²) in [4.78, 5) is 15.5. The van der Waals surface area contributed by atoms with Crippen LogP contribution in [0.1, 0.15) is 37.0 Å². The molecule has 2 N–H and O–H groups in total. The zero-order valence-electron chi connectivity index (χ0n) is 11.3. The molecular formula is C13H14BrN3O2S. The summed E-state index contributed by atoms with van der Waals surface area (Å²) >= 11 is 4.47. The van der Waals surface area contributed by atoms with E-state index in [2.05, 4.69) is 30.6 Å². The third kappa shape index (κ3) is 3.34. The largest absolute Gasteiger partial charge is 0.478 e. The van der Waals surface area contributed by atoms with Crippen molar-refractivity contribution in [2.24, 2.45) is 0 Å². The maximum absolute atomic E-state index is 11.1. The number of nitrogens with one attached hydrogen (secondary N) is 1. The lowest BCUT2D eigenvalue weighted by Gasteiger charge is -2.12. The van der Waals surface area contributed by atoms with Crippen molar-refractivity contribution in [3.05, 3.63) is 34.1 Å². The van der Waals surface area contributed by atoms with Crippen molar-refractivity contribution in [3.8, 4) is 0 Å². The van der Waals surface area contributed by atoms with Gasteiger partial charge in [-0.3, -0.25) is 0 Å². The number of benzene rings is 1. The van der Waals surface area contributed by atoms with E-state index in [1.807, 2.05) is 20.8 Å². The van der Waals surface area contributed by atoms with Gasteiger partial charge in [-0.15, -0.1) is 0 Å². The van der Waals surface area contributed by atoms with Crippen molar-refractivity contribution in [2.45, 2.75) is 26.2 Å². The molecule has 0 radical (unpaired) electrons. The third-order valence-electron chi connectivity index (χ3n) is 2.54. The van der Waals surface area contributed by atoms with Crippen molar-refractivity contribution >= 4 is 44.3 Å². The molecule has 0 aliphatic rings. The van der Waals surface area contributed by atoms with Gasteiger partial charge in [-0.1, -0.05) is 20.8 Å². The number of hydrogen-bond acceptors (Lipinski definition) is 5. The van der Waals surface area contributed by atoms with Gasteiger partial charge in [0, 0.05) is 27.1 Å². The molecule has 20 heavy (non-hydrogen) atoms. The Kier molecular flexibility index (Phi) is 4.10. The van der Waals surface area contributed by atoms with Crippen molar-refractivity contribution in [3.63, 3.8) is 0 Å². The molecule has 2 aromatic rings. The average molecular weight is 356 g/mol. The number of carbonyl (C=O) groups is 1. The fraction of sp³-hybridized carbons (Fsp3) is 0.308. The van der Waals surface area contributed by atoms with E-state index in [4.69, 9.17) is 5.11 Å². The Labute approximate surface area is 129 Å². The van der Waals surface area contributed by atoms with Crippen LogP contribution in [0.5, 0.6) is 0 Å². The summed E-state index contributed by atoms with van der Waals surface area (Å²) in [6, 6.07) is 5.04. The zero-order valence-corrected chi connectivity index (χ0v) is 13.7. The van der Waals surface area contributed by atoms with Crippen LogP contribution in [-0.2, 0) is 5.41 Å². The van der Waals surface area contributed by atoms with Crippen molar-refractivity contribution < 1.29 is 9.90 Å². The molecule has 0 spiro atoms. The minimum atomic E-state index is -0.979. The Morgan fingerprint density at radius 2 is 2.10 bits per heavy atom. The lowest BCUT2D eigenvalue weighted by atomic mass is 9.96. The molecule has 0 bridgehead atoms. The highest BCUT2D eigenvalue weighted by atomic mass is 79.9. The Hall–Kier alpha value is -1.47. The van der Waals surface area contributed by atoms with E-state index in [1.165, 1.54) is 11.5 Å². The second-order valence-electron chi connectivity index (χ2n) is 5.30. The SMILES string of the molecule is CC(C)(C)c1nsc(Nc2ccc(Br)c(C(=O)O)c2)n1. The van der Waals surface area contributed by atoms with Gasteiger partial charge in [-0.25, -0.2) is 9.78 Å². The normalized spacial score (nSPS) is 11.4. The molecule has 0 saturated carbocycles. The van der Waals surface area contributed by atoms with Crippen LogP contribution in [0.3, 0.4) is 0 Å². The Morgan fingerprint density at radius 3 is 2.65 bits per heavy atom. The van der Waals surface area contributed by atoms with Gasteiger partial charge in [0.15, 0.2) is 0 Å². The monoisotopic (exact) mass is 355 g/mol. The van der Waals surface area contributed by atoms with Gasteiger partial charge >= 0.3 is 5.97 Å². The molecule has 0 saturated heterocycles. The average Bonchev–Trinajstić information content (AvgIpc) is 2.79. The second kappa shape index (κ2) is 5.49. The van der Waals surface area contributed by atoms with Crippen LogP contribution in [0.4, 0.5) is 10.8 Å². The first-order valence-corrected chi connectivity index (χ1v) is 7.48. The molecule has 0 fully saturated rings. The fourth-order valence-electron chi connectivity index (χ4n) is 1.47. The van der Waals surface area contributed by atoms with Gasteiger partial charge in [0.1, 0.15) is 5.82 Å². The Morgan fingerprint density at radius 1 is 1.40 bits per heavy atom. The molecule has 5 nitrogen and oxygen atoms in total. The van der Waals surface area contributed by atoms with Gasteiger partial charge in [-0.2, -0.15) is 4.37 Å². The number of hydrogen-bond donors (Lipinski definition) is 2. The zero-order chi connectivity index (χ0) is 14.9. The Bertz CT molecular complexity index is 649. The number of carboxylic acids is 1. The summed E-state index contributed by atoms with van der Waals surface area (Å²) in [7, 11) is 0. The quantitative estimate of drug-likeness (QED) is 0.868. The van der Waals surface area contributed by atoms with Crippen LogP contribution in [0.25, 0.3) is 0 Å². The smallest absolute Gasteiger partial charge is 0.336 e. The molecule has 2 rings (SSSR count). The van der Waals surface area contributed by atoms with Gasteiger partial charge in [0.2, 0.25) is 5.13 Å². The van der Waals surface area contributed by atoms with E-state index in [-0.39, 0.29) is 11.0 Å². The van der Waals surface area contributed by atoms with E-state index >= 15 is 0 Å². The van der Waals surface area contributed by atoms with E-state index < -0.39 is 5.97 Å². The fourth-order valence-corrected chi connectivity index (χ4v) is 2.66. The summed E-state index contributed by atoms with van der Waals surface area (Å²) in [5, 5.41) is 12.8. The van der Waals surface area contributed by atoms with Gasteiger partial charge < -0.3 is 10.4 Å². The molecule has 0 atom stereocenters. The molecule has 7 heteroatoms. The maximum Gasteiger partial charge on any atom is 0.336 e. The summed E-state index contributed by atoms with van der Waals surface area (Å²) in [6.45, 7) is 6.13. The summed E-state index contributed by atoms with van der Waals surface area (Å²) < 4.78 is 4.85. The predicted octanol–water partition coefficient (Wildman–Crippen LogP) is 4.04. The van der Waals surface area contributed by atoms with Crippen LogP contribution < -0.4 is 5.32 Å². The molecule has 106 valence electrons. The van der Waals surface area contributed by atoms with Gasteiger partial charge in [-0.05, 0) is 34.1 Å². The lowest BCUT2D eigenvalue weighted by molar-refractivity contribution is 0.0696. The molecular weight excluding hydrogens is 342 g/mol. The summed E-state index contributed by atoms with van der Waals surface area (Å²) in [5.41, 5.74) is 0.764. The highest BCUT2D eigenvalue weighted by Crippen LogP contribution is 2.27. The molecule has 1 aromatic heterocycles. The van der Waals surface area contributed by atoms with Crippen LogP contribution in [0.2, 0.25) is 0 Å². The molecule has 0 aliphatic heterocycles. The summed E-state index contributed by atoms with van der Waals surface area (Å²) in [5.74, 6) is -0.214. The molecule has 1 aromatic carbocycles. The molecule has 1 heterocycles. The minimum Gasteiger partial charge on any atom is -0.478 e. The van der Waals surface area contributed by atoms with Crippen molar-refractivity contribution in [2.75, 3.05) is 5.32 Å². The first-order valence-electron chi connectivity index (χ1n) is 5.91. The predicted molar refractivity (Wildman–Crippen MR) is 83.0 cm³/mol. The van der Waals surface area contributed by atoms with Crippen LogP contribution >= 0.6 is 27.5 Å². The van der Waals surface area contributed by atoms with E-state index in [9.17, 15) is 4.79 Å². The highest BCUT2D eigenvalue weighted by molar-refractivity contribution is 9.10. The van der Waals surface area contributed by atoms with Crippen LogP contribution in [0.15, 0.2) is 22.7 Å². The first kappa shape index (κ1) is 14.9. The van der Waals surface area contributed by atoms with Crippen molar-refractivity contribution in [1.82, 2.24) is 9.36 Å². The number of halogens is 1. The number of rotatable bonds is 3. The minimum absolute atomic E-state index is 0.109. The molecule has 0 amide bonds. The number of carboxylic acid groups (broad SMARTS) is 1. The van der Waals surface area contributed by atoms with E-state index in [0.29, 0.717) is 15.3 Å². The first-order chi connectivity index (χ1) is 9.27. The molecule has 0 aliphatic carbocycles. The lowest BCUT2D eigenvalue weighted by Crippen LogP contribution is -2.13.